The average molecular weight is 354 g/mol. The van der Waals surface area contributed by atoms with E-state index in [0.29, 0.717) is 5.03 Å². The largest absolute Gasteiger partial charge is 0.463 e. The standard InChI is InChI=1S/C19H15FN2O2S/c1-24-19(23)18-21-12-11-16(22-18)25-17(13-5-3-2-4-6-13)14-7-9-15(20)10-8-14/h2-12,17H,1H3. The molecule has 1 atom stereocenters. The maximum absolute atomic E-state index is 13.3. The molecule has 0 bridgehead atoms. The summed E-state index contributed by atoms with van der Waals surface area (Å²) in [5, 5.41) is 0.538. The Bertz CT molecular complexity index is 857. The van der Waals surface area contributed by atoms with E-state index in [4.69, 9.17) is 0 Å². The third kappa shape index (κ3) is 4.22. The Morgan fingerprint density at radius 3 is 2.40 bits per heavy atom. The molecule has 0 saturated carbocycles. The highest BCUT2D eigenvalue weighted by atomic mass is 32.2. The van der Waals surface area contributed by atoms with Crippen molar-refractivity contribution in [2.24, 2.45) is 0 Å². The van der Waals surface area contributed by atoms with Gasteiger partial charge in [0, 0.05) is 6.20 Å². The second kappa shape index (κ2) is 7.90. The van der Waals surface area contributed by atoms with E-state index in [1.54, 1.807) is 18.2 Å². The number of benzene rings is 2. The van der Waals surface area contributed by atoms with Gasteiger partial charge in [-0.3, -0.25) is 0 Å². The van der Waals surface area contributed by atoms with Crippen molar-refractivity contribution in [1.82, 2.24) is 9.97 Å². The van der Waals surface area contributed by atoms with Gasteiger partial charge in [-0.2, -0.15) is 0 Å². The second-order valence-corrected chi connectivity index (χ2v) is 6.30. The van der Waals surface area contributed by atoms with Crippen molar-refractivity contribution in [1.29, 1.82) is 0 Å². The van der Waals surface area contributed by atoms with Crippen LogP contribution in [-0.4, -0.2) is 23.0 Å². The van der Waals surface area contributed by atoms with Crippen LogP contribution in [0.1, 0.15) is 27.0 Å². The fourth-order valence-corrected chi connectivity index (χ4v) is 3.42. The van der Waals surface area contributed by atoms with E-state index in [-0.39, 0.29) is 16.9 Å². The minimum Gasteiger partial charge on any atom is -0.463 e. The van der Waals surface area contributed by atoms with Gasteiger partial charge in [-0.25, -0.2) is 19.2 Å². The van der Waals surface area contributed by atoms with Crippen LogP contribution in [0.25, 0.3) is 0 Å². The number of esters is 1. The second-order valence-electron chi connectivity index (χ2n) is 5.17. The fraction of sp³-hybridized carbons (Fsp3) is 0.105. The molecule has 2 aromatic carbocycles. The number of thioether (sulfide) groups is 1. The first kappa shape index (κ1) is 17.1. The quantitative estimate of drug-likeness (QED) is 0.389. The number of rotatable bonds is 5. The molecule has 0 radical (unpaired) electrons. The van der Waals surface area contributed by atoms with E-state index >= 15 is 0 Å². The first-order chi connectivity index (χ1) is 12.2. The molecular formula is C19H15FN2O2S. The maximum atomic E-state index is 13.3. The van der Waals surface area contributed by atoms with E-state index in [9.17, 15) is 9.18 Å². The predicted octanol–water partition coefficient (Wildman–Crippen LogP) is 4.28. The molecule has 3 rings (SSSR count). The molecule has 0 amide bonds. The minimum absolute atomic E-state index is 0.0124. The highest BCUT2D eigenvalue weighted by Gasteiger charge is 2.18. The summed E-state index contributed by atoms with van der Waals surface area (Å²) in [6.45, 7) is 0. The van der Waals surface area contributed by atoms with Gasteiger partial charge in [0.15, 0.2) is 0 Å². The molecule has 1 heterocycles. The molecule has 126 valence electrons. The smallest absolute Gasteiger partial charge is 0.376 e. The van der Waals surface area contributed by atoms with Gasteiger partial charge in [-0.1, -0.05) is 54.2 Å². The third-order valence-electron chi connectivity index (χ3n) is 3.51. The molecule has 0 fully saturated rings. The van der Waals surface area contributed by atoms with Crippen LogP contribution in [0.4, 0.5) is 4.39 Å². The number of hydrogen-bond acceptors (Lipinski definition) is 5. The number of hydrogen-bond donors (Lipinski definition) is 0. The Labute approximate surface area is 149 Å². The molecule has 0 aliphatic rings. The topological polar surface area (TPSA) is 52.1 Å². The number of carbonyl (C=O) groups excluding carboxylic acids is 1. The normalized spacial score (nSPS) is 11.8. The van der Waals surface area contributed by atoms with Crippen LogP contribution >= 0.6 is 11.8 Å². The first-order valence-corrected chi connectivity index (χ1v) is 8.44. The van der Waals surface area contributed by atoms with Crippen molar-refractivity contribution in [2.45, 2.75) is 10.3 Å². The van der Waals surface area contributed by atoms with Crippen LogP contribution in [0, 0.1) is 5.82 Å². The monoisotopic (exact) mass is 354 g/mol. The molecule has 0 aliphatic carbocycles. The van der Waals surface area contributed by atoms with Crippen molar-refractivity contribution < 1.29 is 13.9 Å². The summed E-state index contributed by atoms with van der Waals surface area (Å²) >= 11 is 1.46. The Morgan fingerprint density at radius 2 is 1.72 bits per heavy atom. The lowest BCUT2D eigenvalue weighted by atomic mass is 10.0. The summed E-state index contributed by atoms with van der Waals surface area (Å²) in [5.41, 5.74) is 1.99. The zero-order valence-electron chi connectivity index (χ0n) is 13.4. The Kier molecular flexibility index (Phi) is 5.40. The molecule has 1 unspecified atom stereocenters. The lowest BCUT2D eigenvalue weighted by molar-refractivity contribution is 0.0585. The molecule has 0 N–H and O–H groups in total. The number of methoxy groups -OCH3 is 1. The van der Waals surface area contributed by atoms with Crippen molar-refractivity contribution in [3.8, 4) is 0 Å². The average Bonchev–Trinajstić information content (AvgIpc) is 2.67. The number of aromatic nitrogens is 2. The highest BCUT2D eigenvalue weighted by Crippen LogP contribution is 2.39. The number of ether oxygens (including phenoxy) is 1. The maximum Gasteiger partial charge on any atom is 0.376 e. The fourth-order valence-electron chi connectivity index (χ4n) is 2.31. The van der Waals surface area contributed by atoms with E-state index in [1.165, 1.54) is 37.2 Å². The van der Waals surface area contributed by atoms with Gasteiger partial charge in [0.25, 0.3) is 0 Å². The predicted molar refractivity (Wildman–Crippen MR) is 93.9 cm³/mol. The van der Waals surface area contributed by atoms with Gasteiger partial charge in [0.05, 0.1) is 12.4 Å². The molecule has 6 heteroatoms. The van der Waals surface area contributed by atoms with Crippen LogP contribution in [-0.2, 0) is 4.74 Å². The van der Waals surface area contributed by atoms with Crippen LogP contribution in [0.15, 0.2) is 71.9 Å². The van der Waals surface area contributed by atoms with Crippen molar-refractivity contribution >= 4 is 17.7 Å². The van der Waals surface area contributed by atoms with Gasteiger partial charge in [0.2, 0.25) is 5.82 Å². The first-order valence-electron chi connectivity index (χ1n) is 7.56. The molecule has 0 aliphatic heterocycles. The zero-order chi connectivity index (χ0) is 17.6. The van der Waals surface area contributed by atoms with Crippen LogP contribution in [0.3, 0.4) is 0 Å². The Morgan fingerprint density at radius 1 is 1.04 bits per heavy atom. The lowest BCUT2D eigenvalue weighted by Crippen LogP contribution is -2.07. The van der Waals surface area contributed by atoms with Crippen molar-refractivity contribution in [2.75, 3.05) is 7.11 Å². The van der Waals surface area contributed by atoms with Gasteiger partial charge >= 0.3 is 5.97 Å². The SMILES string of the molecule is COC(=O)c1nccc(SC(c2ccccc2)c2ccc(F)cc2)n1. The lowest BCUT2D eigenvalue weighted by Gasteiger charge is -2.17. The number of halogens is 1. The summed E-state index contributed by atoms with van der Waals surface area (Å²) in [4.78, 5) is 19.8. The summed E-state index contributed by atoms with van der Waals surface area (Å²) in [7, 11) is 1.29. The van der Waals surface area contributed by atoms with Crippen LogP contribution < -0.4 is 0 Å². The van der Waals surface area contributed by atoms with E-state index in [0.717, 1.165) is 11.1 Å². The zero-order valence-corrected chi connectivity index (χ0v) is 14.2. The minimum atomic E-state index is -0.583. The van der Waals surface area contributed by atoms with Crippen LogP contribution in [0.5, 0.6) is 0 Å². The van der Waals surface area contributed by atoms with Crippen molar-refractivity contribution in [3.05, 3.63) is 89.6 Å². The van der Waals surface area contributed by atoms with Gasteiger partial charge < -0.3 is 4.74 Å². The van der Waals surface area contributed by atoms with Crippen LogP contribution in [0.2, 0.25) is 0 Å². The summed E-state index contributed by atoms with van der Waals surface area (Å²) in [6, 6.07) is 18.0. The van der Waals surface area contributed by atoms with E-state index in [1.807, 2.05) is 30.3 Å². The summed E-state index contributed by atoms with van der Waals surface area (Å²) < 4.78 is 17.9. The molecule has 25 heavy (non-hydrogen) atoms. The third-order valence-corrected chi connectivity index (χ3v) is 4.76. The molecule has 3 aromatic rings. The van der Waals surface area contributed by atoms with E-state index < -0.39 is 5.97 Å². The number of nitrogens with zero attached hydrogens (tertiary/aromatic N) is 2. The highest BCUT2D eigenvalue weighted by molar-refractivity contribution is 7.99. The van der Waals surface area contributed by atoms with Gasteiger partial charge in [-0.05, 0) is 29.3 Å². The summed E-state index contributed by atoms with van der Waals surface area (Å²) in [5.74, 6) is -0.852. The Hall–Kier alpha value is -2.73. The molecule has 0 saturated heterocycles. The van der Waals surface area contributed by atoms with Gasteiger partial charge in [0.1, 0.15) is 10.8 Å². The molecule has 0 spiro atoms. The Balaban J connectivity index is 1.96. The van der Waals surface area contributed by atoms with E-state index in [2.05, 4.69) is 14.7 Å². The van der Waals surface area contributed by atoms with Gasteiger partial charge in [-0.15, -0.1) is 0 Å². The number of carbonyl (C=O) groups is 1. The summed E-state index contributed by atoms with van der Waals surface area (Å²) in [6.07, 6.45) is 1.52. The molecule has 4 nitrogen and oxygen atoms in total. The molecular weight excluding hydrogens is 339 g/mol. The van der Waals surface area contributed by atoms with Crippen molar-refractivity contribution in [3.63, 3.8) is 0 Å². The molecule has 1 aromatic heterocycles.